The first-order chi connectivity index (χ1) is 4.61. The van der Waals surface area contributed by atoms with E-state index in [9.17, 15) is 0 Å². The molecule has 1 rings (SSSR count). The zero-order valence-corrected chi connectivity index (χ0v) is 7.61. The van der Waals surface area contributed by atoms with Crippen molar-refractivity contribution in [2.45, 2.75) is 60.3 Å². The Kier molecular flexibility index (Phi) is 4.13. The van der Waals surface area contributed by atoms with Crippen LogP contribution in [0.1, 0.15) is 60.3 Å². The third kappa shape index (κ3) is 3.27. The Balaban J connectivity index is 0.000001000. The maximum Gasteiger partial charge on any atom is -0.0354 e. The van der Waals surface area contributed by atoms with Crippen molar-refractivity contribution in [3.8, 4) is 0 Å². The molecule has 1 aliphatic rings. The van der Waals surface area contributed by atoms with E-state index in [-0.39, 0.29) is 7.43 Å². The topological polar surface area (TPSA) is 0 Å². The van der Waals surface area contributed by atoms with Crippen LogP contribution in [0.3, 0.4) is 0 Å². The summed E-state index contributed by atoms with van der Waals surface area (Å²) in [5.74, 6) is 1.00. The van der Waals surface area contributed by atoms with E-state index in [2.05, 4.69) is 20.8 Å². The standard InChI is InChI=1S/C10H20.CH4/c1-10(2,3)9-7-5-4-6-8-9;/h9H,4-8H2,1-3H3;1H4. The summed E-state index contributed by atoms with van der Waals surface area (Å²) in [5.41, 5.74) is 0.570. The Morgan fingerprint density at radius 3 is 1.64 bits per heavy atom. The van der Waals surface area contributed by atoms with Crippen LogP contribution in [-0.4, -0.2) is 0 Å². The molecule has 0 aromatic heterocycles. The summed E-state index contributed by atoms with van der Waals surface area (Å²) >= 11 is 0. The van der Waals surface area contributed by atoms with Crippen LogP contribution in [0.25, 0.3) is 0 Å². The van der Waals surface area contributed by atoms with Crippen LogP contribution in [0.15, 0.2) is 0 Å². The molecule has 0 spiro atoms. The van der Waals surface area contributed by atoms with Crippen LogP contribution < -0.4 is 0 Å². The molecule has 0 atom stereocenters. The molecule has 1 fully saturated rings. The Morgan fingerprint density at radius 2 is 1.36 bits per heavy atom. The third-order valence-corrected chi connectivity index (χ3v) is 2.83. The van der Waals surface area contributed by atoms with Crippen molar-refractivity contribution >= 4 is 0 Å². The summed E-state index contributed by atoms with van der Waals surface area (Å²) < 4.78 is 0. The number of hydrogen-bond donors (Lipinski definition) is 0. The Bertz CT molecular complexity index is 91.1. The van der Waals surface area contributed by atoms with Gasteiger partial charge < -0.3 is 0 Å². The van der Waals surface area contributed by atoms with E-state index in [1.54, 1.807) is 0 Å². The molecule has 0 nitrogen and oxygen atoms in total. The van der Waals surface area contributed by atoms with Gasteiger partial charge >= 0.3 is 0 Å². The van der Waals surface area contributed by atoms with E-state index in [1.807, 2.05) is 0 Å². The van der Waals surface area contributed by atoms with Gasteiger partial charge in [0.05, 0.1) is 0 Å². The largest absolute Gasteiger partial charge is 0.0776 e. The fourth-order valence-corrected chi connectivity index (χ4v) is 1.97. The van der Waals surface area contributed by atoms with Gasteiger partial charge in [0.15, 0.2) is 0 Å². The first-order valence-electron chi connectivity index (χ1n) is 4.61. The molecule has 0 heterocycles. The lowest BCUT2D eigenvalue weighted by atomic mass is 9.72. The third-order valence-electron chi connectivity index (χ3n) is 2.83. The molecule has 11 heavy (non-hydrogen) atoms. The summed E-state index contributed by atoms with van der Waals surface area (Å²) in [5, 5.41) is 0. The molecule has 0 unspecified atom stereocenters. The minimum absolute atomic E-state index is 0. The predicted octanol–water partition coefficient (Wildman–Crippen LogP) is 4.25. The number of rotatable bonds is 0. The van der Waals surface area contributed by atoms with Gasteiger partial charge in [0.2, 0.25) is 0 Å². The van der Waals surface area contributed by atoms with Crippen molar-refractivity contribution in [2.75, 3.05) is 0 Å². The maximum absolute atomic E-state index is 2.38. The monoisotopic (exact) mass is 156 g/mol. The van der Waals surface area contributed by atoms with E-state index in [0.717, 1.165) is 5.92 Å². The van der Waals surface area contributed by atoms with Gasteiger partial charge in [0.1, 0.15) is 0 Å². The van der Waals surface area contributed by atoms with Crippen molar-refractivity contribution in [1.82, 2.24) is 0 Å². The molecule has 1 saturated carbocycles. The summed E-state index contributed by atoms with van der Waals surface area (Å²) in [4.78, 5) is 0. The van der Waals surface area contributed by atoms with E-state index < -0.39 is 0 Å². The molecule has 0 amide bonds. The van der Waals surface area contributed by atoms with Gasteiger partial charge in [-0.2, -0.15) is 0 Å². The SMILES string of the molecule is C.CC(C)(C)C1CCCCC1. The van der Waals surface area contributed by atoms with Gasteiger partial charge in [-0.15, -0.1) is 0 Å². The maximum atomic E-state index is 2.38. The quantitative estimate of drug-likeness (QED) is 0.492. The lowest BCUT2D eigenvalue weighted by molar-refractivity contribution is 0.180. The van der Waals surface area contributed by atoms with E-state index in [1.165, 1.54) is 32.1 Å². The van der Waals surface area contributed by atoms with Gasteiger partial charge in [0, 0.05) is 0 Å². The van der Waals surface area contributed by atoms with Crippen LogP contribution >= 0.6 is 0 Å². The highest BCUT2D eigenvalue weighted by molar-refractivity contribution is 4.76. The van der Waals surface area contributed by atoms with Crippen molar-refractivity contribution in [3.05, 3.63) is 0 Å². The highest BCUT2D eigenvalue weighted by atomic mass is 14.3. The highest BCUT2D eigenvalue weighted by Gasteiger charge is 2.25. The Morgan fingerprint density at radius 1 is 0.909 bits per heavy atom. The fraction of sp³-hybridized carbons (Fsp3) is 1.00. The first-order valence-corrected chi connectivity index (χ1v) is 4.61. The molecule has 0 heteroatoms. The average molecular weight is 156 g/mol. The molecule has 0 aliphatic heterocycles. The summed E-state index contributed by atoms with van der Waals surface area (Å²) in [6.45, 7) is 7.13. The predicted molar refractivity (Wildman–Crippen MR) is 52.8 cm³/mol. The molecule has 0 saturated heterocycles. The van der Waals surface area contributed by atoms with Crippen LogP contribution in [0.5, 0.6) is 0 Å². The van der Waals surface area contributed by atoms with Crippen molar-refractivity contribution in [2.24, 2.45) is 11.3 Å². The van der Waals surface area contributed by atoms with Crippen molar-refractivity contribution in [1.29, 1.82) is 0 Å². The summed E-state index contributed by atoms with van der Waals surface area (Å²) in [6.07, 6.45) is 7.38. The number of hydrogen-bond acceptors (Lipinski definition) is 0. The molecular formula is C11H24. The normalized spacial score (nSPS) is 21.0. The van der Waals surface area contributed by atoms with Crippen LogP contribution in [0, 0.1) is 11.3 Å². The molecule has 0 N–H and O–H groups in total. The minimum Gasteiger partial charge on any atom is -0.0776 e. The van der Waals surface area contributed by atoms with E-state index >= 15 is 0 Å². The molecule has 68 valence electrons. The molecule has 0 radical (unpaired) electrons. The molecule has 0 bridgehead atoms. The van der Waals surface area contributed by atoms with Crippen molar-refractivity contribution < 1.29 is 0 Å². The van der Waals surface area contributed by atoms with Crippen LogP contribution in [-0.2, 0) is 0 Å². The summed E-state index contributed by atoms with van der Waals surface area (Å²) in [7, 11) is 0. The second-order valence-corrected chi connectivity index (χ2v) is 4.70. The van der Waals surface area contributed by atoms with E-state index in [4.69, 9.17) is 0 Å². The fourth-order valence-electron chi connectivity index (χ4n) is 1.97. The average Bonchev–Trinajstić information content (AvgIpc) is 1.88. The molecule has 0 aromatic rings. The minimum atomic E-state index is 0. The first kappa shape index (κ1) is 11.0. The lowest BCUT2D eigenvalue weighted by Crippen LogP contribution is -2.22. The van der Waals surface area contributed by atoms with E-state index in [0.29, 0.717) is 5.41 Å². The second-order valence-electron chi connectivity index (χ2n) is 4.70. The van der Waals surface area contributed by atoms with Crippen molar-refractivity contribution in [3.63, 3.8) is 0 Å². The van der Waals surface area contributed by atoms with Crippen LogP contribution in [0.2, 0.25) is 0 Å². The highest BCUT2D eigenvalue weighted by Crippen LogP contribution is 2.37. The van der Waals surface area contributed by atoms with Gasteiger partial charge in [-0.3, -0.25) is 0 Å². The smallest absolute Gasteiger partial charge is 0.0354 e. The van der Waals surface area contributed by atoms with Gasteiger partial charge in [-0.25, -0.2) is 0 Å². The summed E-state index contributed by atoms with van der Waals surface area (Å²) in [6, 6.07) is 0. The molecule has 0 aromatic carbocycles. The molecular weight excluding hydrogens is 132 g/mol. The zero-order valence-electron chi connectivity index (χ0n) is 7.61. The van der Waals surface area contributed by atoms with Gasteiger partial charge in [0.25, 0.3) is 0 Å². The Labute approximate surface area is 72.4 Å². The van der Waals surface area contributed by atoms with Gasteiger partial charge in [-0.1, -0.05) is 47.5 Å². The van der Waals surface area contributed by atoms with Crippen LogP contribution in [0.4, 0.5) is 0 Å². The second kappa shape index (κ2) is 4.13. The lowest BCUT2D eigenvalue weighted by Gasteiger charge is -2.33. The van der Waals surface area contributed by atoms with Gasteiger partial charge in [-0.05, 0) is 24.2 Å². The Hall–Kier alpha value is 0. The molecule has 1 aliphatic carbocycles. The zero-order chi connectivity index (χ0) is 7.61.